The minimum Gasteiger partial charge on any atom is -0.325 e. The number of hydrazine groups is 1. The Morgan fingerprint density at radius 1 is 1.33 bits per heavy atom. The van der Waals surface area contributed by atoms with Gasteiger partial charge in [-0.15, -0.1) is 0 Å². The number of fused-ring (bicyclic) bond motifs is 1. The van der Waals surface area contributed by atoms with Crippen LogP contribution in [-0.2, 0) is 14.4 Å². The van der Waals surface area contributed by atoms with Gasteiger partial charge >= 0.3 is 0 Å². The molecule has 1 atom stereocenters. The maximum Gasteiger partial charge on any atom is 0.248 e. The van der Waals surface area contributed by atoms with Gasteiger partial charge in [0.15, 0.2) is 5.11 Å². The van der Waals surface area contributed by atoms with E-state index in [1.807, 2.05) is 0 Å². The minimum absolute atomic E-state index is 0.0404. The number of amides is 3. The second kappa shape index (κ2) is 5.60. The summed E-state index contributed by atoms with van der Waals surface area (Å²) in [7, 11) is 0. The third-order valence-corrected chi connectivity index (χ3v) is 4.35. The highest BCUT2D eigenvalue weighted by atomic mass is 32.1. The second-order valence-corrected chi connectivity index (χ2v) is 6.47. The second-order valence-electron chi connectivity index (χ2n) is 6.08. The molecule has 1 aromatic carbocycles. The first-order valence-corrected chi connectivity index (χ1v) is 7.66. The smallest absolute Gasteiger partial charge is 0.248 e. The number of thiocarbonyl (C=S) groups is 1. The Bertz CT molecular complexity index is 750. The van der Waals surface area contributed by atoms with Crippen LogP contribution in [0.5, 0.6) is 0 Å². The molecule has 0 aromatic heterocycles. The van der Waals surface area contributed by atoms with E-state index < -0.39 is 29.2 Å². The predicted octanol–water partition coefficient (Wildman–Crippen LogP) is 0.775. The number of benzene rings is 1. The zero-order chi connectivity index (χ0) is 17.6. The largest absolute Gasteiger partial charge is 0.325 e. The van der Waals surface area contributed by atoms with Gasteiger partial charge < -0.3 is 5.32 Å². The van der Waals surface area contributed by atoms with Crippen molar-refractivity contribution >= 4 is 40.7 Å². The number of anilines is 1. The number of rotatable bonds is 2. The Morgan fingerprint density at radius 2 is 1.96 bits per heavy atom. The van der Waals surface area contributed by atoms with Crippen molar-refractivity contribution in [2.75, 3.05) is 5.32 Å². The predicted molar refractivity (Wildman–Crippen MR) is 86.9 cm³/mol. The molecule has 0 saturated carbocycles. The molecule has 9 heteroatoms. The summed E-state index contributed by atoms with van der Waals surface area (Å²) < 4.78 is 13.0. The van der Waals surface area contributed by atoms with Gasteiger partial charge in [0.25, 0.3) is 0 Å². The fourth-order valence-corrected chi connectivity index (χ4v) is 3.10. The van der Waals surface area contributed by atoms with Crippen LogP contribution in [0.1, 0.15) is 20.3 Å². The molecule has 1 aromatic rings. The van der Waals surface area contributed by atoms with Crippen molar-refractivity contribution in [3.8, 4) is 0 Å². The van der Waals surface area contributed by atoms with Crippen LogP contribution in [0.3, 0.4) is 0 Å². The van der Waals surface area contributed by atoms with Crippen LogP contribution < -0.4 is 10.6 Å². The zero-order valence-corrected chi connectivity index (χ0v) is 13.8. The van der Waals surface area contributed by atoms with Crippen LogP contribution in [0.25, 0.3) is 0 Å². The van der Waals surface area contributed by atoms with Crippen LogP contribution in [0.15, 0.2) is 24.3 Å². The molecule has 1 unspecified atom stereocenters. The number of carbonyl (C=O) groups is 3. The summed E-state index contributed by atoms with van der Waals surface area (Å²) in [5, 5.41) is 7.62. The Kier molecular flexibility index (Phi) is 3.84. The summed E-state index contributed by atoms with van der Waals surface area (Å²) in [6, 6.07) is 4.38. The molecule has 2 aliphatic rings. The van der Waals surface area contributed by atoms with E-state index in [1.165, 1.54) is 29.3 Å². The summed E-state index contributed by atoms with van der Waals surface area (Å²) in [6.45, 7) is 3.21. The Hall–Kier alpha value is -2.39. The quantitative estimate of drug-likeness (QED) is 0.770. The molecule has 24 heavy (non-hydrogen) atoms. The molecule has 2 heterocycles. The highest BCUT2D eigenvalue weighted by Crippen LogP contribution is 2.32. The van der Waals surface area contributed by atoms with E-state index in [4.69, 9.17) is 12.2 Å². The lowest BCUT2D eigenvalue weighted by atomic mass is 10.00. The average molecular weight is 350 g/mol. The molecule has 0 aliphatic carbocycles. The third-order valence-electron chi connectivity index (χ3n) is 4.07. The maximum atomic E-state index is 13.0. The lowest BCUT2D eigenvalue weighted by Gasteiger charge is -2.45. The molecular weight excluding hydrogens is 335 g/mol. The van der Waals surface area contributed by atoms with Crippen molar-refractivity contribution in [3.05, 3.63) is 30.1 Å². The van der Waals surface area contributed by atoms with E-state index in [0.29, 0.717) is 5.69 Å². The summed E-state index contributed by atoms with van der Waals surface area (Å²) >= 11 is 5.04. The molecule has 3 amide bonds. The Morgan fingerprint density at radius 3 is 2.58 bits per heavy atom. The fourth-order valence-electron chi connectivity index (χ4n) is 2.82. The lowest BCUT2D eigenvalue weighted by Crippen LogP contribution is -2.71. The highest BCUT2D eigenvalue weighted by Gasteiger charge is 2.56. The number of nitrogens with zero attached hydrogens (tertiary/aromatic N) is 2. The van der Waals surface area contributed by atoms with Gasteiger partial charge in [0.2, 0.25) is 17.7 Å². The fraction of sp³-hybridized carbons (Fsp3) is 0.333. The van der Waals surface area contributed by atoms with E-state index in [0.717, 1.165) is 5.01 Å². The lowest BCUT2D eigenvalue weighted by molar-refractivity contribution is -0.154. The van der Waals surface area contributed by atoms with E-state index in [9.17, 15) is 18.8 Å². The maximum absolute atomic E-state index is 13.0. The van der Waals surface area contributed by atoms with E-state index in [-0.39, 0.29) is 17.4 Å². The number of nitrogens with one attached hydrogen (secondary N) is 2. The molecule has 7 nitrogen and oxygen atoms in total. The van der Waals surface area contributed by atoms with Crippen LogP contribution >= 0.6 is 12.2 Å². The first kappa shape index (κ1) is 16.5. The summed E-state index contributed by atoms with van der Waals surface area (Å²) in [5.41, 5.74) is -0.728. The van der Waals surface area contributed by atoms with Gasteiger partial charge in [0.05, 0.1) is 6.42 Å². The molecule has 2 aliphatic heterocycles. The molecule has 3 rings (SSSR count). The molecule has 2 N–H and O–H groups in total. The first-order chi connectivity index (χ1) is 11.2. The number of hydrogen-bond acceptors (Lipinski definition) is 5. The topological polar surface area (TPSA) is 81.8 Å². The third kappa shape index (κ3) is 2.55. The van der Waals surface area contributed by atoms with E-state index in [2.05, 4.69) is 10.6 Å². The molecule has 0 bridgehead atoms. The molecule has 126 valence electrons. The molecule has 2 fully saturated rings. The summed E-state index contributed by atoms with van der Waals surface area (Å²) in [6.07, 6.45) is -0.106. The van der Waals surface area contributed by atoms with Crippen molar-refractivity contribution in [2.45, 2.75) is 31.8 Å². The van der Waals surface area contributed by atoms with Gasteiger partial charge in [-0.1, -0.05) is 0 Å². The molecule has 2 saturated heterocycles. The molecule has 0 spiro atoms. The number of halogens is 1. The van der Waals surface area contributed by atoms with Crippen molar-refractivity contribution in [2.24, 2.45) is 0 Å². The number of carbonyl (C=O) groups excluding carboxylic acids is 3. The Labute approximate surface area is 142 Å². The standard InChI is InChI=1S/C15H15FN4O3S/c1-15(2)13(23)18-14(24)19-11(21)7-10(20(15)19)12(22)17-9-5-3-8(16)4-6-9/h3-6,10H,7H2,1-2H3,(H,17,22)(H,18,23,24). The van der Waals surface area contributed by atoms with Crippen LogP contribution in [-0.4, -0.2) is 44.4 Å². The number of hydrogen-bond donors (Lipinski definition) is 2. The van der Waals surface area contributed by atoms with Crippen LogP contribution in [0.4, 0.5) is 10.1 Å². The van der Waals surface area contributed by atoms with Gasteiger partial charge in [-0.2, -0.15) is 5.01 Å². The minimum atomic E-state index is -1.13. The average Bonchev–Trinajstić information content (AvgIpc) is 2.87. The van der Waals surface area contributed by atoms with Crippen molar-refractivity contribution < 1.29 is 18.8 Å². The van der Waals surface area contributed by atoms with Gasteiger partial charge in [-0.25, -0.2) is 9.40 Å². The van der Waals surface area contributed by atoms with Gasteiger partial charge in [-0.3, -0.25) is 19.7 Å². The van der Waals surface area contributed by atoms with E-state index in [1.54, 1.807) is 13.8 Å². The normalized spacial score (nSPS) is 23.0. The Balaban J connectivity index is 1.88. The van der Waals surface area contributed by atoms with Crippen molar-refractivity contribution in [1.82, 2.24) is 15.3 Å². The van der Waals surface area contributed by atoms with Crippen LogP contribution in [0.2, 0.25) is 0 Å². The van der Waals surface area contributed by atoms with Crippen LogP contribution in [0, 0.1) is 5.82 Å². The molecule has 0 radical (unpaired) electrons. The monoisotopic (exact) mass is 350 g/mol. The van der Waals surface area contributed by atoms with Gasteiger partial charge in [0.1, 0.15) is 17.4 Å². The van der Waals surface area contributed by atoms with Crippen molar-refractivity contribution in [3.63, 3.8) is 0 Å². The zero-order valence-electron chi connectivity index (χ0n) is 13.0. The summed E-state index contributed by atoms with van der Waals surface area (Å²) in [5.74, 6) is -1.65. The van der Waals surface area contributed by atoms with Gasteiger partial charge in [-0.05, 0) is 50.3 Å². The van der Waals surface area contributed by atoms with E-state index >= 15 is 0 Å². The molecular formula is C15H15FN4O3S. The van der Waals surface area contributed by atoms with Gasteiger partial charge in [0, 0.05) is 5.69 Å². The first-order valence-electron chi connectivity index (χ1n) is 7.26. The van der Waals surface area contributed by atoms with Crippen molar-refractivity contribution in [1.29, 1.82) is 0 Å². The highest BCUT2D eigenvalue weighted by molar-refractivity contribution is 7.80. The SMILES string of the molecule is CC1(C)C(=O)NC(=S)N2C(=O)CC(C(=O)Nc3ccc(F)cc3)N21. The summed E-state index contributed by atoms with van der Waals surface area (Å²) in [4.78, 5) is 37.0.